The van der Waals surface area contributed by atoms with Gasteiger partial charge in [0.1, 0.15) is 0 Å². The molecule has 0 fully saturated rings. The summed E-state index contributed by atoms with van der Waals surface area (Å²) >= 11 is 5.18. The van der Waals surface area contributed by atoms with E-state index in [2.05, 4.69) is 16.6 Å². The molecule has 0 spiro atoms. The predicted molar refractivity (Wildman–Crippen MR) is 64.2 cm³/mol. The Morgan fingerprint density at radius 2 is 1.93 bits per heavy atom. The van der Waals surface area contributed by atoms with Crippen molar-refractivity contribution in [2.75, 3.05) is 0 Å². The van der Waals surface area contributed by atoms with Gasteiger partial charge in [0.2, 0.25) is 6.33 Å². The third-order valence-electron chi connectivity index (χ3n) is 2.60. The van der Waals surface area contributed by atoms with Gasteiger partial charge in [0.05, 0.1) is 13.6 Å². The van der Waals surface area contributed by atoms with Crippen molar-refractivity contribution in [1.82, 2.24) is 9.78 Å². The van der Waals surface area contributed by atoms with E-state index in [1.54, 1.807) is 0 Å². The number of hydrogen-bond acceptors (Lipinski definition) is 1. The lowest BCUT2D eigenvalue weighted by molar-refractivity contribution is -0.704. The molecule has 0 aliphatic rings. The van der Waals surface area contributed by atoms with Crippen LogP contribution in [0.15, 0.2) is 6.33 Å². The summed E-state index contributed by atoms with van der Waals surface area (Å²) in [5, 5.41) is 3.06. The molecule has 0 amide bonds. The zero-order chi connectivity index (χ0) is 11.1. The first kappa shape index (κ1) is 12.4. The van der Waals surface area contributed by atoms with Gasteiger partial charge in [0.25, 0.3) is 0 Å². The Morgan fingerprint density at radius 3 is 2.53 bits per heavy atom. The maximum absolute atomic E-state index is 5.18. The third-order valence-corrected chi connectivity index (χ3v) is 2.92. The van der Waals surface area contributed by atoms with Crippen molar-refractivity contribution < 1.29 is 4.57 Å². The van der Waals surface area contributed by atoms with Crippen molar-refractivity contribution in [3.8, 4) is 0 Å². The van der Waals surface area contributed by atoms with Crippen LogP contribution in [0.3, 0.4) is 0 Å². The van der Waals surface area contributed by atoms with Crippen LogP contribution in [0.2, 0.25) is 0 Å². The number of hydrogen-bond donors (Lipinski definition) is 1. The standard InChI is InChI=1S/C11H21N3S/c1-3-4-5-6-7-8-9-14-10-13(2)12-11(14)15/h10H,3-9H2,1-2H3/p+1. The largest absolute Gasteiger partial charge is 0.323 e. The van der Waals surface area contributed by atoms with Crippen LogP contribution in [-0.4, -0.2) is 9.78 Å². The van der Waals surface area contributed by atoms with Crippen LogP contribution in [0.1, 0.15) is 45.4 Å². The van der Waals surface area contributed by atoms with Gasteiger partial charge >= 0.3 is 4.77 Å². The lowest BCUT2D eigenvalue weighted by Gasteiger charge is -1.98. The predicted octanol–water partition coefficient (Wildman–Crippen LogP) is 2.73. The van der Waals surface area contributed by atoms with Gasteiger partial charge in [0, 0.05) is 0 Å². The Labute approximate surface area is 97.1 Å². The second-order valence-corrected chi connectivity index (χ2v) is 4.49. The van der Waals surface area contributed by atoms with E-state index in [0.717, 1.165) is 11.3 Å². The lowest BCUT2D eigenvalue weighted by Crippen LogP contribution is -2.32. The molecule has 4 heteroatoms. The molecule has 0 atom stereocenters. The number of aryl methyl sites for hydroxylation is 2. The molecule has 1 rings (SSSR count). The summed E-state index contributed by atoms with van der Waals surface area (Å²) < 4.78 is 4.83. The minimum absolute atomic E-state index is 0.825. The van der Waals surface area contributed by atoms with E-state index in [0.29, 0.717) is 0 Å². The van der Waals surface area contributed by atoms with Gasteiger partial charge in [-0.1, -0.05) is 39.0 Å². The van der Waals surface area contributed by atoms with E-state index < -0.39 is 0 Å². The van der Waals surface area contributed by atoms with Crippen LogP contribution in [0.5, 0.6) is 0 Å². The van der Waals surface area contributed by atoms with Crippen LogP contribution >= 0.6 is 12.2 Å². The van der Waals surface area contributed by atoms with Crippen molar-refractivity contribution in [2.24, 2.45) is 7.05 Å². The van der Waals surface area contributed by atoms with Crippen molar-refractivity contribution in [1.29, 1.82) is 0 Å². The van der Waals surface area contributed by atoms with Gasteiger partial charge in [-0.05, 0) is 18.6 Å². The number of nitrogens with one attached hydrogen (secondary N) is 1. The van der Waals surface area contributed by atoms with Crippen LogP contribution in [0.25, 0.3) is 0 Å². The summed E-state index contributed by atoms with van der Waals surface area (Å²) in [5.74, 6) is 0. The maximum atomic E-state index is 5.18. The second-order valence-electron chi connectivity index (χ2n) is 4.10. The van der Waals surface area contributed by atoms with Crippen molar-refractivity contribution in [2.45, 2.75) is 52.0 Å². The number of unbranched alkanes of at least 4 members (excludes halogenated alkanes) is 5. The molecule has 3 nitrogen and oxygen atoms in total. The van der Waals surface area contributed by atoms with Gasteiger partial charge in [-0.2, -0.15) is 4.68 Å². The van der Waals surface area contributed by atoms with Crippen molar-refractivity contribution >= 4 is 12.2 Å². The quantitative estimate of drug-likeness (QED) is 0.433. The molecule has 0 aliphatic heterocycles. The fourth-order valence-corrected chi connectivity index (χ4v) is 2.01. The van der Waals surface area contributed by atoms with Gasteiger partial charge in [0.15, 0.2) is 0 Å². The molecule has 0 radical (unpaired) electrons. The number of nitrogens with zero attached hydrogens (tertiary/aromatic N) is 2. The molecule has 0 bridgehead atoms. The summed E-state index contributed by atoms with van der Waals surface area (Å²) in [6, 6.07) is 0. The van der Waals surface area contributed by atoms with Crippen molar-refractivity contribution in [3.63, 3.8) is 0 Å². The minimum Gasteiger partial charge on any atom is -0.224 e. The highest BCUT2D eigenvalue weighted by molar-refractivity contribution is 7.71. The Morgan fingerprint density at radius 1 is 1.27 bits per heavy atom. The molecular formula is C11H22N3S+. The highest BCUT2D eigenvalue weighted by Gasteiger charge is 2.02. The highest BCUT2D eigenvalue weighted by Crippen LogP contribution is 2.04. The van der Waals surface area contributed by atoms with Crippen LogP contribution in [0.4, 0.5) is 0 Å². The molecule has 1 N–H and O–H groups in total. The second kappa shape index (κ2) is 6.77. The zero-order valence-electron chi connectivity index (χ0n) is 9.83. The molecule has 1 heterocycles. The van der Waals surface area contributed by atoms with Gasteiger partial charge < -0.3 is 0 Å². The fraction of sp³-hybridized carbons (Fsp3) is 0.818. The summed E-state index contributed by atoms with van der Waals surface area (Å²) in [6.45, 7) is 3.29. The topological polar surface area (TPSA) is 24.6 Å². The Kier molecular flexibility index (Phi) is 5.61. The normalized spacial score (nSPS) is 10.8. The summed E-state index contributed by atoms with van der Waals surface area (Å²) in [6.07, 6.45) is 10.00. The van der Waals surface area contributed by atoms with Crippen LogP contribution < -0.4 is 4.57 Å². The molecule has 1 aromatic rings. The van der Waals surface area contributed by atoms with E-state index in [4.69, 9.17) is 12.2 Å². The SMILES string of the molecule is CCCCCCCC[n+]1cn(C)[nH]c1=S. The smallest absolute Gasteiger partial charge is 0.224 e. The highest BCUT2D eigenvalue weighted by atomic mass is 32.1. The molecule has 1 aromatic heterocycles. The first-order valence-electron chi connectivity index (χ1n) is 5.89. The first-order valence-corrected chi connectivity index (χ1v) is 6.30. The van der Waals surface area contributed by atoms with E-state index >= 15 is 0 Å². The molecule has 0 aromatic carbocycles. The number of rotatable bonds is 7. The third kappa shape index (κ3) is 4.60. The molecule has 0 saturated carbocycles. The first-order chi connectivity index (χ1) is 7.24. The average molecular weight is 228 g/mol. The maximum Gasteiger partial charge on any atom is 0.323 e. The van der Waals surface area contributed by atoms with Gasteiger partial charge in [-0.25, -0.2) is 4.57 Å². The van der Waals surface area contributed by atoms with Gasteiger partial charge in [-0.15, -0.1) is 5.10 Å². The van der Waals surface area contributed by atoms with Crippen LogP contribution in [0, 0.1) is 4.77 Å². The number of H-pyrrole nitrogens is 1. The van der Waals surface area contributed by atoms with E-state index in [9.17, 15) is 0 Å². The van der Waals surface area contributed by atoms with Gasteiger partial charge in [-0.3, -0.25) is 0 Å². The number of aromatic nitrogens is 3. The summed E-state index contributed by atoms with van der Waals surface area (Å²) in [7, 11) is 1.97. The molecule has 15 heavy (non-hydrogen) atoms. The van der Waals surface area contributed by atoms with E-state index in [1.807, 2.05) is 18.1 Å². The Bertz CT molecular complexity index is 327. The fourth-order valence-electron chi connectivity index (χ4n) is 1.73. The molecule has 0 saturated heterocycles. The summed E-state index contributed by atoms with van der Waals surface area (Å²) in [4.78, 5) is 0. The zero-order valence-corrected chi connectivity index (χ0v) is 10.6. The molecule has 86 valence electrons. The monoisotopic (exact) mass is 228 g/mol. The van der Waals surface area contributed by atoms with E-state index in [-0.39, 0.29) is 0 Å². The van der Waals surface area contributed by atoms with E-state index in [1.165, 1.54) is 38.5 Å². The lowest BCUT2D eigenvalue weighted by atomic mass is 10.1. The number of aromatic amines is 1. The molecule has 0 unspecified atom stereocenters. The minimum atomic E-state index is 0.825. The van der Waals surface area contributed by atoms with Crippen molar-refractivity contribution in [3.05, 3.63) is 11.1 Å². The Hall–Kier alpha value is -0.640. The molecule has 0 aliphatic carbocycles. The summed E-state index contributed by atoms with van der Waals surface area (Å²) in [5.41, 5.74) is 0. The Balaban J connectivity index is 2.15. The molecular weight excluding hydrogens is 206 g/mol. The van der Waals surface area contributed by atoms with Crippen LogP contribution in [-0.2, 0) is 13.6 Å². The average Bonchev–Trinajstić information content (AvgIpc) is 2.51.